The second-order valence-electron chi connectivity index (χ2n) is 2.96. The normalized spacial score (nSPS) is 26.3. The number of rotatable bonds is 3. The minimum absolute atomic E-state index is 0.0385. The van der Waals surface area contributed by atoms with Crippen LogP contribution in [0.2, 0.25) is 0 Å². The van der Waals surface area contributed by atoms with Gasteiger partial charge >= 0.3 is 0 Å². The molecule has 3 nitrogen and oxygen atoms in total. The van der Waals surface area contributed by atoms with E-state index in [0.717, 1.165) is 12.8 Å². The van der Waals surface area contributed by atoms with Crippen LogP contribution in [0.4, 0.5) is 0 Å². The van der Waals surface area contributed by atoms with E-state index in [1.807, 2.05) is 0 Å². The third kappa shape index (κ3) is 1.92. The Bertz CT molecular complexity index is 240. The van der Waals surface area contributed by atoms with Gasteiger partial charge in [-0.25, -0.2) is 8.42 Å². The molecule has 0 aromatic carbocycles. The van der Waals surface area contributed by atoms with Crippen LogP contribution in [0.15, 0.2) is 0 Å². The fraction of sp³-hybridized carbons (Fsp3) is 1.00. The van der Waals surface area contributed by atoms with Gasteiger partial charge in [0.1, 0.15) is 0 Å². The number of hydrogen-bond acceptors (Lipinski definition) is 2. The van der Waals surface area contributed by atoms with E-state index in [1.165, 1.54) is 0 Å². The lowest BCUT2D eigenvalue weighted by Gasteiger charge is -2.21. The maximum absolute atomic E-state index is 11.4. The summed E-state index contributed by atoms with van der Waals surface area (Å²) in [6.45, 7) is 2.31. The third-order valence-corrected chi connectivity index (χ3v) is 4.50. The van der Waals surface area contributed by atoms with Crippen LogP contribution >= 0.6 is 11.6 Å². The smallest absolute Gasteiger partial charge is 0.212 e. The molecule has 0 bridgehead atoms. The summed E-state index contributed by atoms with van der Waals surface area (Å²) in [6, 6.07) is 0.0385. The lowest BCUT2D eigenvalue weighted by molar-refractivity contribution is 0.412. The zero-order valence-corrected chi connectivity index (χ0v) is 8.74. The molecule has 0 aromatic rings. The fourth-order valence-electron chi connectivity index (χ4n) is 1.50. The Kier molecular flexibility index (Phi) is 3.37. The molecule has 0 aromatic heterocycles. The van der Waals surface area contributed by atoms with Crippen molar-refractivity contribution in [2.75, 3.05) is 18.2 Å². The Hall–Kier alpha value is 0.200. The number of hydrogen-bond donors (Lipinski definition) is 0. The van der Waals surface area contributed by atoms with Gasteiger partial charge in [-0.05, 0) is 19.8 Å². The van der Waals surface area contributed by atoms with E-state index in [-0.39, 0.29) is 11.8 Å². The van der Waals surface area contributed by atoms with Crippen LogP contribution in [0.5, 0.6) is 0 Å². The number of sulfonamides is 1. The van der Waals surface area contributed by atoms with Gasteiger partial charge in [0, 0.05) is 18.5 Å². The van der Waals surface area contributed by atoms with E-state index in [2.05, 4.69) is 0 Å². The largest absolute Gasteiger partial charge is 0.214 e. The van der Waals surface area contributed by atoms with Crippen molar-refractivity contribution in [1.82, 2.24) is 4.31 Å². The van der Waals surface area contributed by atoms with Crippen LogP contribution < -0.4 is 0 Å². The predicted molar refractivity (Wildman–Crippen MR) is 49.9 cm³/mol. The molecule has 0 unspecified atom stereocenters. The molecule has 12 heavy (non-hydrogen) atoms. The van der Waals surface area contributed by atoms with Gasteiger partial charge < -0.3 is 0 Å². The highest BCUT2D eigenvalue weighted by Crippen LogP contribution is 2.21. The minimum atomic E-state index is -3.01. The second-order valence-corrected chi connectivity index (χ2v) is 5.48. The van der Waals surface area contributed by atoms with Crippen molar-refractivity contribution in [3.8, 4) is 0 Å². The molecule has 1 aliphatic heterocycles. The number of halogens is 1. The van der Waals surface area contributed by atoms with Crippen LogP contribution in [0.3, 0.4) is 0 Å². The molecule has 72 valence electrons. The van der Waals surface area contributed by atoms with E-state index in [0.29, 0.717) is 12.4 Å². The molecule has 1 fully saturated rings. The average molecular weight is 212 g/mol. The van der Waals surface area contributed by atoms with Crippen LogP contribution in [0.25, 0.3) is 0 Å². The molecular formula is C7H14ClNO2S. The molecule has 1 atom stereocenters. The molecule has 1 rings (SSSR count). The molecule has 0 spiro atoms. The van der Waals surface area contributed by atoms with E-state index in [1.54, 1.807) is 11.2 Å². The predicted octanol–water partition coefficient (Wildman–Crippen LogP) is 1.04. The van der Waals surface area contributed by atoms with Crippen molar-refractivity contribution in [3.63, 3.8) is 0 Å². The summed E-state index contributed by atoms with van der Waals surface area (Å²) in [6.07, 6.45) is 1.85. The summed E-state index contributed by atoms with van der Waals surface area (Å²) in [5.74, 6) is 0.597. The Balaban J connectivity index is 2.74. The van der Waals surface area contributed by atoms with Crippen molar-refractivity contribution in [3.05, 3.63) is 0 Å². The summed E-state index contributed by atoms with van der Waals surface area (Å²) in [5, 5.41) is 0. The summed E-state index contributed by atoms with van der Waals surface area (Å²) in [7, 11) is -3.01. The van der Waals surface area contributed by atoms with Crippen molar-refractivity contribution in [1.29, 1.82) is 0 Å². The first kappa shape index (κ1) is 10.3. The summed E-state index contributed by atoms with van der Waals surface area (Å²) < 4.78 is 24.4. The minimum Gasteiger partial charge on any atom is -0.212 e. The molecule has 0 N–H and O–H groups in total. The monoisotopic (exact) mass is 211 g/mol. The molecule has 0 radical (unpaired) electrons. The first-order chi connectivity index (χ1) is 5.61. The molecular weight excluding hydrogens is 198 g/mol. The van der Waals surface area contributed by atoms with E-state index < -0.39 is 10.0 Å². The lowest BCUT2D eigenvalue weighted by atomic mass is 10.3. The van der Waals surface area contributed by atoms with Crippen LogP contribution in [0, 0.1) is 0 Å². The van der Waals surface area contributed by atoms with Crippen LogP contribution in [-0.4, -0.2) is 36.9 Å². The first-order valence-electron chi connectivity index (χ1n) is 4.17. The zero-order chi connectivity index (χ0) is 9.19. The molecule has 0 saturated carbocycles. The van der Waals surface area contributed by atoms with E-state index in [4.69, 9.17) is 11.6 Å². The Morgan fingerprint density at radius 1 is 1.58 bits per heavy atom. The summed E-state index contributed by atoms with van der Waals surface area (Å²) in [5.41, 5.74) is 0. The first-order valence-corrected chi connectivity index (χ1v) is 6.31. The van der Waals surface area contributed by atoms with Crippen molar-refractivity contribution < 1.29 is 8.42 Å². The zero-order valence-electron chi connectivity index (χ0n) is 7.16. The highest BCUT2D eigenvalue weighted by molar-refractivity contribution is 7.89. The molecule has 1 heterocycles. The average Bonchev–Trinajstić information content (AvgIpc) is 2.52. The Labute approximate surface area is 78.7 Å². The lowest BCUT2D eigenvalue weighted by Crippen LogP contribution is -2.37. The van der Waals surface area contributed by atoms with Crippen molar-refractivity contribution in [2.45, 2.75) is 25.8 Å². The van der Waals surface area contributed by atoms with Gasteiger partial charge in [-0.15, -0.1) is 11.6 Å². The topological polar surface area (TPSA) is 37.4 Å². The standard InChI is InChI=1S/C7H14ClNO2S/c1-2-12(10,11)9-5-3-4-7(9)6-8/h7H,2-6H2,1H3/t7-/m0/s1. The Morgan fingerprint density at radius 2 is 2.25 bits per heavy atom. The van der Waals surface area contributed by atoms with E-state index >= 15 is 0 Å². The molecule has 1 aliphatic rings. The summed E-state index contributed by atoms with van der Waals surface area (Å²) >= 11 is 5.66. The maximum atomic E-state index is 11.4. The fourth-order valence-corrected chi connectivity index (χ4v) is 3.27. The molecule has 0 aliphatic carbocycles. The highest BCUT2D eigenvalue weighted by Gasteiger charge is 2.31. The van der Waals surface area contributed by atoms with Gasteiger partial charge in [-0.2, -0.15) is 4.31 Å². The molecule has 0 amide bonds. The van der Waals surface area contributed by atoms with Gasteiger partial charge in [0.2, 0.25) is 10.0 Å². The van der Waals surface area contributed by atoms with Gasteiger partial charge in [0.15, 0.2) is 0 Å². The SMILES string of the molecule is CCS(=O)(=O)N1CCC[C@H]1CCl. The van der Waals surface area contributed by atoms with Gasteiger partial charge in [0.05, 0.1) is 5.75 Å². The second kappa shape index (κ2) is 3.94. The number of alkyl halides is 1. The maximum Gasteiger partial charge on any atom is 0.214 e. The van der Waals surface area contributed by atoms with Gasteiger partial charge in [0.25, 0.3) is 0 Å². The van der Waals surface area contributed by atoms with Gasteiger partial charge in [-0.3, -0.25) is 0 Å². The molecule has 1 saturated heterocycles. The van der Waals surface area contributed by atoms with Gasteiger partial charge in [-0.1, -0.05) is 0 Å². The molecule has 5 heteroatoms. The third-order valence-electron chi connectivity index (χ3n) is 2.22. The van der Waals surface area contributed by atoms with E-state index in [9.17, 15) is 8.42 Å². The van der Waals surface area contributed by atoms with Crippen molar-refractivity contribution >= 4 is 21.6 Å². The number of nitrogens with zero attached hydrogens (tertiary/aromatic N) is 1. The quantitative estimate of drug-likeness (QED) is 0.655. The highest BCUT2D eigenvalue weighted by atomic mass is 35.5. The van der Waals surface area contributed by atoms with Crippen LogP contribution in [0.1, 0.15) is 19.8 Å². The van der Waals surface area contributed by atoms with Crippen molar-refractivity contribution in [2.24, 2.45) is 0 Å². The summed E-state index contributed by atoms with van der Waals surface area (Å²) in [4.78, 5) is 0. The van der Waals surface area contributed by atoms with Crippen LogP contribution in [-0.2, 0) is 10.0 Å². The Morgan fingerprint density at radius 3 is 2.75 bits per heavy atom.